The lowest BCUT2D eigenvalue weighted by Crippen LogP contribution is -2.77. The first kappa shape index (κ1) is 27.6. The summed E-state index contributed by atoms with van der Waals surface area (Å²) in [6.07, 6.45) is 7.69. The highest BCUT2D eigenvalue weighted by atomic mass is 16.6. The van der Waals surface area contributed by atoms with Crippen molar-refractivity contribution in [3.05, 3.63) is 11.8 Å². The van der Waals surface area contributed by atoms with E-state index in [1.165, 1.54) is 12.8 Å². The van der Waals surface area contributed by atoms with Crippen molar-refractivity contribution in [3.8, 4) is 6.07 Å². The van der Waals surface area contributed by atoms with Crippen LogP contribution in [0.2, 0.25) is 0 Å². The van der Waals surface area contributed by atoms with Crippen LogP contribution in [0.5, 0.6) is 0 Å². The van der Waals surface area contributed by atoms with E-state index >= 15 is 0 Å². The number of nitriles is 1. The third-order valence-electron chi connectivity index (χ3n) is 7.25. The van der Waals surface area contributed by atoms with Crippen LogP contribution in [0.25, 0.3) is 0 Å². The van der Waals surface area contributed by atoms with E-state index < -0.39 is 29.9 Å². The molecule has 4 atom stereocenters. The van der Waals surface area contributed by atoms with E-state index in [-0.39, 0.29) is 24.8 Å². The van der Waals surface area contributed by atoms with Crippen LogP contribution < -0.4 is 16.0 Å². The fraction of sp³-hybridized carbons (Fsp3) is 0.720. The minimum atomic E-state index is -1.33. The van der Waals surface area contributed by atoms with Crippen LogP contribution in [0.15, 0.2) is 16.8 Å². The number of carbonyl (C=O) groups is 2. The number of nitrogens with zero attached hydrogens (tertiary/aromatic N) is 3. The van der Waals surface area contributed by atoms with Gasteiger partial charge in [0, 0.05) is 25.9 Å². The Kier molecular flexibility index (Phi) is 9.84. The highest BCUT2D eigenvalue weighted by Gasteiger charge is 2.53. The van der Waals surface area contributed by atoms with Crippen molar-refractivity contribution in [1.29, 1.82) is 5.26 Å². The molecule has 1 aliphatic carbocycles. The number of ether oxygens (including phenoxy) is 2. The molecule has 3 rings (SSSR count). The number of aliphatic hydroxyl groups excluding tert-OH is 1. The molecule has 11 nitrogen and oxygen atoms in total. The third-order valence-corrected chi connectivity index (χ3v) is 7.25. The maximum atomic E-state index is 12.5. The monoisotopic (exact) mass is 503 g/mol. The lowest BCUT2D eigenvalue weighted by atomic mass is 9.87. The summed E-state index contributed by atoms with van der Waals surface area (Å²) in [5, 5.41) is 23.9. The van der Waals surface area contributed by atoms with E-state index in [4.69, 9.17) is 15.2 Å². The molecule has 0 aromatic carbocycles. The van der Waals surface area contributed by atoms with E-state index in [1.807, 2.05) is 19.9 Å². The molecule has 0 aromatic rings. The quantitative estimate of drug-likeness (QED) is 0.206. The Morgan fingerprint density at radius 3 is 2.75 bits per heavy atom. The van der Waals surface area contributed by atoms with Crippen LogP contribution >= 0.6 is 0 Å². The Morgan fingerprint density at radius 1 is 1.39 bits per heavy atom. The van der Waals surface area contributed by atoms with Gasteiger partial charge in [-0.2, -0.15) is 5.26 Å². The number of urea groups is 1. The van der Waals surface area contributed by atoms with Gasteiger partial charge in [-0.1, -0.05) is 25.3 Å². The lowest BCUT2D eigenvalue weighted by Gasteiger charge is -2.29. The van der Waals surface area contributed by atoms with Crippen LogP contribution in [-0.2, 0) is 14.3 Å². The molecule has 0 spiro atoms. The van der Waals surface area contributed by atoms with Crippen molar-refractivity contribution in [2.45, 2.75) is 89.1 Å². The van der Waals surface area contributed by atoms with Crippen molar-refractivity contribution in [2.75, 3.05) is 19.7 Å². The molecule has 2 heterocycles. The van der Waals surface area contributed by atoms with Gasteiger partial charge >= 0.3 is 12.0 Å². The summed E-state index contributed by atoms with van der Waals surface area (Å²) in [5.41, 5.74) is 4.70. The Balaban J connectivity index is 1.60. The number of aliphatic hydroxyl groups is 1. The normalized spacial score (nSPS) is 29.0. The predicted octanol–water partition coefficient (Wildman–Crippen LogP) is 0.0859. The van der Waals surface area contributed by atoms with Crippen molar-refractivity contribution < 1.29 is 29.2 Å². The number of nitrogens with one attached hydrogen (secondary N) is 2. The topological polar surface area (TPSA) is 164 Å². The van der Waals surface area contributed by atoms with E-state index in [9.17, 15) is 20.0 Å². The molecule has 1 unspecified atom stereocenters. The van der Waals surface area contributed by atoms with Gasteiger partial charge < -0.3 is 30.5 Å². The molecule has 2 fully saturated rings. The molecule has 0 radical (unpaired) electrons. The minimum Gasteiger partial charge on any atom is -0.463 e. The van der Waals surface area contributed by atoms with Gasteiger partial charge in [0.1, 0.15) is 18.4 Å². The molecule has 198 valence electrons. The first-order valence-electron chi connectivity index (χ1n) is 12.9. The number of carbonyl (C=O) groups excluding carboxylic acids is 2. The first-order valence-corrected chi connectivity index (χ1v) is 12.9. The summed E-state index contributed by atoms with van der Waals surface area (Å²) in [6, 6.07) is 1.31. The number of amides is 2. The largest absolute Gasteiger partial charge is 0.463 e. The molecule has 1 saturated carbocycles. The van der Waals surface area contributed by atoms with Crippen LogP contribution in [0.1, 0.15) is 65.2 Å². The fourth-order valence-electron chi connectivity index (χ4n) is 5.14. The van der Waals surface area contributed by atoms with Crippen LogP contribution in [0.4, 0.5) is 4.79 Å². The van der Waals surface area contributed by atoms with Gasteiger partial charge in [0.2, 0.25) is 0 Å². The molecule has 36 heavy (non-hydrogen) atoms. The summed E-state index contributed by atoms with van der Waals surface area (Å²) in [5.74, 6) is 0.296. The number of hydrogen-bond acceptors (Lipinski definition) is 7. The average Bonchev–Trinajstić information content (AvgIpc) is 3.49. The summed E-state index contributed by atoms with van der Waals surface area (Å²) >= 11 is 0. The zero-order valence-electron chi connectivity index (χ0n) is 21.2. The van der Waals surface area contributed by atoms with Crippen molar-refractivity contribution in [3.63, 3.8) is 0 Å². The number of hydrogen-bond donors (Lipinski definition) is 4. The Labute approximate surface area is 212 Å². The maximum absolute atomic E-state index is 12.5. The number of esters is 1. The molecular weight excluding hydrogens is 464 g/mol. The second kappa shape index (κ2) is 12.8. The van der Waals surface area contributed by atoms with E-state index in [1.54, 1.807) is 4.90 Å². The zero-order chi connectivity index (χ0) is 26.1. The second-order valence-corrected chi connectivity index (χ2v) is 9.60. The minimum absolute atomic E-state index is 0.0639. The van der Waals surface area contributed by atoms with Crippen LogP contribution in [-0.4, -0.2) is 77.7 Å². The zero-order valence-corrected chi connectivity index (χ0v) is 21.2. The van der Waals surface area contributed by atoms with Crippen LogP contribution in [0.3, 0.4) is 0 Å². The molecule has 1 saturated heterocycles. The molecule has 11 heteroatoms. The van der Waals surface area contributed by atoms with Gasteiger partial charge in [-0.25, -0.2) is 9.79 Å². The number of rotatable bonds is 8. The van der Waals surface area contributed by atoms with Crippen molar-refractivity contribution >= 4 is 24.2 Å². The molecule has 5 N–H and O–H groups in total. The van der Waals surface area contributed by atoms with Gasteiger partial charge in [0.15, 0.2) is 11.9 Å². The number of amidine groups is 1. The number of aliphatic imine (C=N–C) groups is 1. The maximum Gasteiger partial charge on any atom is 0.416 e. The van der Waals surface area contributed by atoms with Gasteiger partial charge in [-0.15, -0.1) is 0 Å². The Bertz CT molecular complexity index is 918. The highest BCUT2D eigenvalue weighted by Crippen LogP contribution is 2.37. The molecular formula is C25H39N6O5+. The third kappa shape index (κ3) is 6.62. The Hall–Kier alpha value is -2.97. The fourth-order valence-corrected chi connectivity index (χ4v) is 5.14. The highest BCUT2D eigenvalue weighted by molar-refractivity contribution is 5.99. The molecule has 0 bridgehead atoms. The van der Waals surface area contributed by atoms with Gasteiger partial charge in [-0.05, 0) is 44.0 Å². The smallest absolute Gasteiger partial charge is 0.416 e. The standard InChI is InChI=1S/C25H38N6O5/c1-3-31(4-2)24(34)30-23(28-16-27)18-10-11-21(29-18)25(15-26)13-19(32)20(36-25)14-35-22(33)12-17-8-6-5-7-9-17/h10,16-17,19-21,29,32H,3-9,11-14H2,1-2H3,(H2,27,28,30,34)/p+1/t19-,20+,21?,25-/m0/s1. The molecule has 3 aliphatic rings. The van der Waals surface area contributed by atoms with E-state index in [0.29, 0.717) is 37.5 Å². The summed E-state index contributed by atoms with van der Waals surface area (Å²) < 4.78 is 11.4. The van der Waals surface area contributed by atoms with Gasteiger partial charge in [-0.3, -0.25) is 4.79 Å². The average molecular weight is 504 g/mol. The van der Waals surface area contributed by atoms with E-state index in [0.717, 1.165) is 25.7 Å². The van der Waals surface area contributed by atoms with Gasteiger partial charge in [0.05, 0.1) is 18.2 Å². The number of nitrogens with two attached hydrogens (primary N) is 1. The summed E-state index contributed by atoms with van der Waals surface area (Å²) in [4.78, 5) is 33.3. The van der Waals surface area contributed by atoms with E-state index in [2.05, 4.69) is 21.4 Å². The first-order chi connectivity index (χ1) is 17.4. The lowest BCUT2D eigenvalue weighted by molar-refractivity contribution is -0.309. The molecule has 0 aromatic heterocycles. The SMILES string of the molecule is CCN(CC)C(=O)/N=C(\[NH+]=CN)C1=CCC([C@@]2(C#N)C[C@H](O)[C@@H](COC(=O)CC3CCCCC3)O2)N1. The predicted molar refractivity (Wildman–Crippen MR) is 133 cm³/mol. The van der Waals surface area contributed by atoms with Crippen molar-refractivity contribution in [2.24, 2.45) is 16.6 Å². The summed E-state index contributed by atoms with van der Waals surface area (Å²) in [6.45, 7) is 4.67. The van der Waals surface area contributed by atoms with Crippen molar-refractivity contribution in [1.82, 2.24) is 10.2 Å². The second-order valence-electron chi connectivity index (χ2n) is 9.60. The van der Waals surface area contributed by atoms with Crippen LogP contribution in [0, 0.1) is 17.2 Å². The molecule has 2 aliphatic heterocycles. The Morgan fingerprint density at radius 2 is 2.11 bits per heavy atom. The summed E-state index contributed by atoms with van der Waals surface area (Å²) in [7, 11) is 0. The molecule has 2 amide bonds. The van der Waals surface area contributed by atoms with Gasteiger partial charge in [0.25, 0.3) is 5.84 Å².